The van der Waals surface area contributed by atoms with E-state index in [0.717, 1.165) is 24.1 Å². The fourth-order valence-corrected chi connectivity index (χ4v) is 1.45. The molecule has 1 N–H and O–H groups in total. The molecule has 0 fully saturated rings. The van der Waals surface area contributed by atoms with Crippen LogP contribution in [0.25, 0.3) is 0 Å². The molecule has 2 rings (SSSR count). The summed E-state index contributed by atoms with van der Waals surface area (Å²) in [6.07, 6.45) is 1.31. The summed E-state index contributed by atoms with van der Waals surface area (Å²) in [6.45, 7) is 0. The summed E-state index contributed by atoms with van der Waals surface area (Å²) in [5, 5.41) is 9.39. The lowest BCUT2D eigenvalue weighted by molar-refractivity contribution is 0.176. The third-order valence-corrected chi connectivity index (χ3v) is 2.04. The van der Waals surface area contributed by atoms with Gasteiger partial charge in [-0.2, -0.15) is 0 Å². The highest BCUT2D eigenvalue weighted by Gasteiger charge is 2.20. The van der Waals surface area contributed by atoms with Crippen molar-refractivity contribution in [2.24, 2.45) is 0 Å². The molecule has 1 atom stereocenters. The zero-order chi connectivity index (χ0) is 7.84. The summed E-state index contributed by atoms with van der Waals surface area (Å²) in [5.74, 6) is 0. The van der Waals surface area contributed by atoms with Crippen molar-refractivity contribution in [3.05, 3.63) is 23.4 Å². The predicted molar refractivity (Wildman–Crippen MR) is 42.9 cm³/mol. The minimum Gasteiger partial charge on any atom is -0.387 e. The normalized spacial score (nSPS) is 21.7. The summed E-state index contributed by atoms with van der Waals surface area (Å²) in [5.41, 5.74) is 2.39. The Morgan fingerprint density at radius 3 is 3.18 bits per heavy atom. The van der Waals surface area contributed by atoms with Crippen molar-refractivity contribution in [1.82, 2.24) is 4.98 Å². The van der Waals surface area contributed by atoms with Gasteiger partial charge in [0.1, 0.15) is 7.85 Å². The van der Waals surface area contributed by atoms with Crippen LogP contribution in [0.4, 0.5) is 0 Å². The van der Waals surface area contributed by atoms with Gasteiger partial charge in [-0.15, -0.1) is 0 Å². The number of nitrogens with zero attached hydrogens (tertiary/aromatic N) is 1. The van der Waals surface area contributed by atoms with E-state index in [1.54, 1.807) is 6.07 Å². The Morgan fingerprint density at radius 1 is 1.55 bits per heavy atom. The van der Waals surface area contributed by atoms with Gasteiger partial charge < -0.3 is 5.11 Å². The molecule has 3 heteroatoms. The van der Waals surface area contributed by atoms with Crippen LogP contribution in [0.3, 0.4) is 0 Å². The number of fused-ring (bicyclic) bond motifs is 1. The molecule has 2 nitrogen and oxygen atoms in total. The van der Waals surface area contributed by atoms with Crippen molar-refractivity contribution in [1.29, 1.82) is 0 Å². The fraction of sp³-hybridized carbons (Fsp3) is 0.375. The molecule has 11 heavy (non-hydrogen) atoms. The second kappa shape index (κ2) is 2.34. The van der Waals surface area contributed by atoms with E-state index < -0.39 is 6.10 Å². The van der Waals surface area contributed by atoms with E-state index in [-0.39, 0.29) is 0 Å². The molecule has 1 aromatic heterocycles. The molecule has 2 radical (unpaired) electrons. The third-order valence-electron chi connectivity index (χ3n) is 2.04. The molecule has 0 bridgehead atoms. The van der Waals surface area contributed by atoms with Crippen LogP contribution < -0.4 is 5.59 Å². The Kier molecular flexibility index (Phi) is 1.46. The van der Waals surface area contributed by atoms with Crippen molar-refractivity contribution in [2.45, 2.75) is 18.9 Å². The van der Waals surface area contributed by atoms with Crippen LogP contribution in [-0.2, 0) is 6.42 Å². The lowest BCUT2D eigenvalue weighted by Crippen LogP contribution is -2.11. The number of aliphatic hydroxyl groups is 1. The lowest BCUT2D eigenvalue weighted by atomic mass is 10.0. The van der Waals surface area contributed by atoms with Gasteiger partial charge in [0.15, 0.2) is 0 Å². The molecule has 1 unspecified atom stereocenters. The van der Waals surface area contributed by atoms with Crippen LogP contribution in [0.1, 0.15) is 23.8 Å². The second-order valence-corrected chi connectivity index (χ2v) is 2.83. The SMILES string of the molecule is [B]c1ccc2c(n1)C(O)CC2. The van der Waals surface area contributed by atoms with Gasteiger partial charge in [0.05, 0.1) is 11.8 Å². The van der Waals surface area contributed by atoms with E-state index in [4.69, 9.17) is 7.85 Å². The summed E-state index contributed by atoms with van der Waals surface area (Å²) >= 11 is 0. The standard InChI is InChI=1S/C8H8BNO/c9-7-4-2-5-1-3-6(11)8(5)10-7/h2,4,6,11H,1,3H2. The summed E-state index contributed by atoms with van der Waals surface area (Å²) in [7, 11) is 5.47. The Morgan fingerprint density at radius 2 is 2.36 bits per heavy atom. The van der Waals surface area contributed by atoms with Crippen LogP contribution in [-0.4, -0.2) is 17.9 Å². The van der Waals surface area contributed by atoms with E-state index in [1.807, 2.05) is 6.07 Å². The van der Waals surface area contributed by atoms with E-state index in [9.17, 15) is 5.11 Å². The zero-order valence-electron chi connectivity index (χ0n) is 6.12. The number of aliphatic hydroxyl groups excluding tert-OH is 1. The predicted octanol–water partition coefficient (Wildman–Crippen LogP) is -0.145. The van der Waals surface area contributed by atoms with Gasteiger partial charge in [0.2, 0.25) is 0 Å². The highest BCUT2D eigenvalue weighted by atomic mass is 16.3. The maximum Gasteiger partial charge on any atom is 0.141 e. The van der Waals surface area contributed by atoms with Crippen LogP contribution >= 0.6 is 0 Å². The molecule has 0 saturated carbocycles. The highest BCUT2D eigenvalue weighted by Crippen LogP contribution is 2.27. The summed E-state index contributed by atoms with van der Waals surface area (Å²) in [4.78, 5) is 4.06. The molecule has 54 valence electrons. The van der Waals surface area contributed by atoms with E-state index in [1.165, 1.54) is 0 Å². The van der Waals surface area contributed by atoms with Gasteiger partial charge in [-0.05, 0) is 24.0 Å². The van der Waals surface area contributed by atoms with E-state index in [2.05, 4.69) is 4.98 Å². The number of hydrogen-bond acceptors (Lipinski definition) is 2. The van der Waals surface area contributed by atoms with Gasteiger partial charge >= 0.3 is 0 Å². The molecule has 1 heterocycles. The number of pyridine rings is 1. The van der Waals surface area contributed by atoms with Crippen molar-refractivity contribution in [3.8, 4) is 0 Å². The molecular formula is C8H8BNO. The first-order valence-corrected chi connectivity index (χ1v) is 3.71. The van der Waals surface area contributed by atoms with Crippen molar-refractivity contribution in [2.75, 3.05) is 0 Å². The first kappa shape index (κ1) is 6.86. The maximum atomic E-state index is 9.39. The molecule has 0 amide bonds. The minimum absolute atomic E-state index is 0.395. The van der Waals surface area contributed by atoms with E-state index in [0.29, 0.717) is 5.59 Å². The molecule has 1 aliphatic rings. The van der Waals surface area contributed by atoms with Gasteiger partial charge in [0.25, 0.3) is 0 Å². The topological polar surface area (TPSA) is 33.1 Å². The first-order chi connectivity index (χ1) is 5.27. The van der Waals surface area contributed by atoms with Crippen LogP contribution in [0.15, 0.2) is 12.1 Å². The van der Waals surface area contributed by atoms with Gasteiger partial charge in [-0.3, -0.25) is 4.98 Å². The van der Waals surface area contributed by atoms with Crippen LogP contribution in [0.2, 0.25) is 0 Å². The number of aryl methyl sites for hydroxylation is 1. The Hall–Kier alpha value is -0.825. The minimum atomic E-state index is -0.395. The fourth-order valence-electron chi connectivity index (χ4n) is 1.45. The molecule has 0 saturated heterocycles. The molecule has 1 aliphatic carbocycles. The Bertz CT molecular complexity index is 287. The van der Waals surface area contributed by atoms with Gasteiger partial charge in [0, 0.05) is 0 Å². The van der Waals surface area contributed by atoms with Crippen LogP contribution in [0, 0.1) is 0 Å². The molecule has 0 spiro atoms. The molecule has 0 aromatic carbocycles. The third kappa shape index (κ3) is 1.05. The largest absolute Gasteiger partial charge is 0.387 e. The Labute approximate surface area is 66.7 Å². The van der Waals surface area contributed by atoms with Crippen molar-refractivity contribution in [3.63, 3.8) is 0 Å². The average Bonchev–Trinajstić information content (AvgIpc) is 2.33. The number of rotatable bonds is 0. The van der Waals surface area contributed by atoms with E-state index >= 15 is 0 Å². The number of hydrogen-bond donors (Lipinski definition) is 1. The molecular weight excluding hydrogens is 137 g/mol. The van der Waals surface area contributed by atoms with Gasteiger partial charge in [-0.25, -0.2) is 0 Å². The summed E-state index contributed by atoms with van der Waals surface area (Å²) < 4.78 is 0. The molecule has 1 aromatic rings. The maximum absolute atomic E-state index is 9.39. The first-order valence-electron chi connectivity index (χ1n) is 3.71. The zero-order valence-corrected chi connectivity index (χ0v) is 6.12. The van der Waals surface area contributed by atoms with Crippen molar-refractivity contribution >= 4 is 13.4 Å². The smallest absolute Gasteiger partial charge is 0.141 e. The second-order valence-electron chi connectivity index (χ2n) is 2.83. The Balaban J connectivity index is 2.52. The highest BCUT2D eigenvalue weighted by molar-refractivity contribution is 6.30. The monoisotopic (exact) mass is 145 g/mol. The van der Waals surface area contributed by atoms with Crippen LogP contribution in [0.5, 0.6) is 0 Å². The number of aromatic nitrogens is 1. The summed E-state index contributed by atoms with van der Waals surface area (Å²) in [6, 6.07) is 3.71. The lowest BCUT2D eigenvalue weighted by Gasteiger charge is -2.02. The average molecular weight is 145 g/mol. The van der Waals surface area contributed by atoms with Crippen molar-refractivity contribution < 1.29 is 5.11 Å². The quantitative estimate of drug-likeness (QED) is 0.515. The van der Waals surface area contributed by atoms with Gasteiger partial charge in [-0.1, -0.05) is 12.1 Å². The molecule has 0 aliphatic heterocycles.